The molecule has 1 saturated heterocycles. The largest absolute Gasteiger partial charge is 0.458 e. The number of methoxy groups -OCH3 is 1. The van der Waals surface area contributed by atoms with E-state index in [4.69, 9.17) is 18.9 Å². The number of fused-ring (bicyclic) bond motifs is 2. The normalized spacial score (nSPS) is 39.7. The van der Waals surface area contributed by atoms with Crippen molar-refractivity contribution in [2.45, 2.75) is 142 Å². The van der Waals surface area contributed by atoms with Gasteiger partial charge in [0.15, 0.2) is 5.79 Å². The molecule has 0 amide bonds. The molecule has 0 unspecified atom stereocenters. The van der Waals surface area contributed by atoms with Crippen LogP contribution < -0.4 is 0 Å². The molecule has 0 aromatic heterocycles. The van der Waals surface area contributed by atoms with Crippen LogP contribution in [-0.2, 0) is 23.7 Å². The predicted octanol–water partition coefficient (Wildman–Crippen LogP) is 5.41. The van der Waals surface area contributed by atoms with Crippen LogP contribution in [0.1, 0.15) is 93.4 Å². The van der Waals surface area contributed by atoms with Gasteiger partial charge >= 0.3 is 5.97 Å². The Morgan fingerprint density at radius 3 is 2.26 bits per heavy atom. The summed E-state index contributed by atoms with van der Waals surface area (Å²) in [6.45, 7) is 13.3. The molecule has 2 rings (SSSR count). The summed E-state index contributed by atoms with van der Waals surface area (Å²) in [5, 5.41) is 42.3. The minimum absolute atomic E-state index is 0.0297. The molecule has 2 aliphatic rings. The first-order valence-electron chi connectivity index (χ1n) is 17.1. The number of aliphatic hydroxyl groups is 4. The van der Waals surface area contributed by atoms with Crippen molar-refractivity contribution in [3.63, 3.8) is 0 Å². The summed E-state index contributed by atoms with van der Waals surface area (Å²) in [7, 11) is 1.70. The maximum absolute atomic E-state index is 13.3. The highest BCUT2D eigenvalue weighted by Gasteiger charge is 2.46. The molecule has 4 N–H and O–H groups in total. The number of rotatable bonds is 4. The van der Waals surface area contributed by atoms with Crippen molar-refractivity contribution in [1.82, 2.24) is 0 Å². The highest BCUT2D eigenvalue weighted by atomic mass is 16.7. The summed E-state index contributed by atoms with van der Waals surface area (Å²) in [6.07, 6.45) is 12.9. The number of aliphatic hydroxyl groups excluding tert-OH is 4. The Labute approximate surface area is 277 Å². The van der Waals surface area contributed by atoms with E-state index in [0.29, 0.717) is 6.42 Å². The standard InChI is InChI=1S/C37H62O9/c1-24(15-14-20-38)21-33-26(3)31(40)22-29(39)17-13-19-30(43-8)18-12-10-9-11-16-25(2)35-28(5)36(46-37(6,7)45-35)27(4)32(41)23-34(42)44-33/h9-12,14-15,21,25-33,35-36,38-41H,13,16-20,22-23H2,1-8H3/b11-9+,12-10-,15-14+,24-21+/t25-,26-,27+,28-,29+,30+,31-,32+,33+,35+,36-/m0/s1. The third-order valence-corrected chi connectivity index (χ3v) is 9.44. The first-order valence-corrected chi connectivity index (χ1v) is 17.1. The molecule has 0 aromatic carbocycles. The Balaban J connectivity index is 2.36. The average Bonchev–Trinajstić information content (AvgIpc) is 2.99. The molecule has 264 valence electrons. The highest BCUT2D eigenvalue weighted by molar-refractivity contribution is 5.70. The smallest absolute Gasteiger partial charge is 0.309 e. The third-order valence-electron chi connectivity index (χ3n) is 9.44. The first kappa shape index (κ1) is 40.3. The van der Waals surface area contributed by atoms with Crippen LogP contribution in [0.4, 0.5) is 0 Å². The van der Waals surface area contributed by atoms with Crippen LogP contribution in [0.25, 0.3) is 0 Å². The SMILES string of the molecule is CO[C@@H]1C/C=C\C=C\C[C@H](C)[C@H]2OC(C)(C)O[C@H]([C@H]2C)[C@H](C)[C@H](O)CC(=O)O[C@H](/C=C(C)/C=C/CO)[C@@H](C)[C@@H](O)C[C@H](O)CCC1. The maximum Gasteiger partial charge on any atom is 0.309 e. The maximum atomic E-state index is 13.3. The van der Waals surface area contributed by atoms with Crippen LogP contribution in [0.2, 0.25) is 0 Å². The molecule has 46 heavy (non-hydrogen) atoms. The van der Waals surface area contributed by atoms with Gasteiger partial charge in [-0.15, -0.1) is 0 Å². The van der Waals surface area contributed by atoms with Gasteiger partial charge in [-0.1, -0.05) is 69.7 Å². The number of hydrogen-bond donors (Lipinski definition) is 4. The van der Waals surface area contributed by atoms with Crippen LogP contribution in [-0.4, -0.2) is 88.6 Å². The van der Waals surface area contributed by atoms with Crippen molar-refractivity contribution >= 4 is 5.97 Å². The zero-order chi connectivity index (χ0) is 34.4. The van der Waals surface area contributed by atoms with E-state index in [2.05, 4.69) is 26.0 Å². The second-order valence-corrected chi connectivity index (χ2v) is 13.9. The van der Waals surface area contributed by atoms with Gasteiger partial charge in [-0.05, 0) is 71.3 Å². The van der Waals surface area contributed by atoms with Crippen LogP contribution in [0.15, 0.2) is 48.1 Å². The van der Waals surface area contributed by atoms with Crippen LogP contribution in [0.5, 0.6) is 0 Å². The fraction of sp³-hybridized carbons (Fsp3) is 0.757. The van der Waals surface area contributed by atoms with Crippen LogP contribution >= 0.6 is 0 Å². The van der Waals surface area contributed by atoms with E-state index < -0.39 is 42.1 Å². The Morgan fingerprint density at radius 1 is 0.957 bits per heavy atom. The molecule has 0 radical (unpaired) electrons. The molecule has 9 nitrogen and oxygen atoms in total. The minimum atomic E-state index is -1.03. The molecule has 2 aliphatic heterocycles. The molecule has 11 atom stereocenters. The topological polar surface area (TPSA) is 135 Å². The van der Waals surface area contributed by atoms with Gasteiger partial charge in [-0.25, -0.2) is 0 Å². The zero-order valence-electron chi connectivity index (χ0n) is 29.4. The predicted molar refractivity (Wildman–Crippen MR) is 180 cm³/mol. The van der Waals surface area contributed by atoms with Gasteiger partial charge < -0.3 is 39.4 Å². The molecule has 2 heterocycles. The zero-order valence-corrected chi connectivity index (χ0v) is 29.4. The van der Waals surface area contributed by atoms with Crippen molar-refractivity contribution in [2.75, 3.05) is 13.7 Å². The molecular weight excluding hydrogens is 588 g/mol. The second kappa shape index (κ2) is 19.8. The lowest BCUT2D eigenvalue weighted by atomic mass is 9.79. The Kier molecular flexibility index (Phi) is 17.4. The van der Waals surface area contributed by atoms with Crippen molar-refractivity contribution in [2.24, 2.45) is 23.7 Å². The monoisotopic (exact) mass is 650 g/mol. The van der Waals surface area contributed by atoms with Gasteiger partial charge in [-0.2, -0.15) is 0 Å². The number of ether oxygens (including phenoxy) is 4. The van der Waals surface area contributed by atoms with E-state index in [0.717, 1.165) is 31.3 Å². The molecule has 0 saturated carbocycles. The van der Waals surface area contributed by atoms with Crippen molar-refractivity contribution in [3.8, 4) is 0 Å². The molecule has 0 spiro atoms. The molecule has 2 bridgehead atoms. The van der Waals surface area contributed by atoms with Gasteiger partial charge in [0.1, 0.15) is 6.10 Å². The van der Waals surface area contributed by atoms with E-state index >= 15 is 0 Å². The molecule has 9 heteroatoms. The molecule has 0 aliphatic carbocycles. The second-order valence-electron chi connectivity index (χ2n) is 13.9. The van der Waals surface area contributed by atoms with E-state index in [9.17, 15) is 25.2 Å². The highest BCUT2D eigenvalue weighted by Crippen LogP contribution is 2.39. The quantitative estimate of drug-likeness (QED) is 0.233. The lowest BCUT2D eigenvalue weighted by molar-refractivity contribution is -0.337. The van der Waals surface area contributed by atoms with Gasteiger partial charge in [0.05, 0.1) is 49.7 Å². The number of cyclic esters (lactones) is 1. The molecule has 0 aromatic rings. The number of hydrogen-bond acceptors (Lipinski definition) is 9. The Bertz CT molecular complexity index is 1020. The lowest BCUT2D eigenvalue weighted by Gasteiger charge is -2.49. The van der Waals surface area contributed by atoms with E-state index in [1.807, 2.05) is 39.8 Å². The van der Waals surface area contributed by atoms with Crippen LogP contribution in [0, 0.1) is 23.7 Å². The Hall–Kier alpha value is -1.85. The minimum Gasteiger partial charge on any atom is -0.458 e. The van der Waals surface area contributed by atoms with Crippen LogP contribution in [0.3, 0.4) is 0 Å². The fourth-order valence-corrected chi connectivity index (χ4v) is 6.49. The van der Waals surface area contributed by atoms with Gasteiger partial charge in [-0.3, -0.25) is 4.79 Å². The number of carbonyl (C=O) groups is 1. The van der Waals surface area contributed by atoms with Crippen molar-refractivity contribution in [3.05, 3.63) is 48.1 Å². The van der Waals surface area contributed by atoms with Crippen molar-refractivity contribution < 1.29 is 44.2 Å². The number of carbonyl (C=O) groups excluding carboxylic acids is 1. The van der Waals surface area contributed by atoms with Gasteiger partial charge in [0.2, 0.25) is 0 Å². The number of allylic oxidation sites excluding steroid dienone is 5. The van der Waals surface area contributed by atoms with E-state index in [-0.39, 0.29) is 55.5 Å². The Morgan fingerprint density at radius 2 is 1.61 bits per heavy atom. The summed E-state index contributed by atoms with van der Waals surface area (Å²) < 4.78 is 24.3. The lowest BCUT2D eigenvalue weighted by Crippen LogP contribution is -2.55. The summed E-state index contributed by atoms with van der Waals surface area (Å²) in [4.78, 5) is 13.3. The first-order chi connectivity index (χ1) is 21.7. The summed E-state index contributed by atoms with van der Waals surface area (Å²) in [6, 6.07) is 0. The van der Waals surface area contributed by atoms with E-state index in [1.165, 1.54) is 0 Å². The molecular formula is C37H62O9. The summed E-state index contributed by atoms with van der Waals surface area (Å²) in [5.74, 6) is -2.24. The van der Waals surface area contributed by atoms with E-state index in [1.54, 1.807) is 32.3 Å². The molecule has 1 fully saturated rings. The van der Waals surface area contributed by atoms with Crippen molar-refractivity contribution in [1.29, 1.82) is 0 Å². The number of esters is 1. The average molecular weight is 651 g/mol. The van der Waals surface area contributed by atoms with Gasteiger partial charge in [0.25, 0.3) is 0 Å². The summed E-state index contributed by atoms with van der Waals surface area (Å²) in [5.41, 5.74) is 0.745. The van der Waals surface area contributed by atoms with Gasteiger partial charge in [0, 0.05) is 24.9 Å². The fourth-order valence-electron chi connectivity index (χ4n) is 6.49. The summed E-state index contributed by atoms with van der Waals surface area (Å²) >= 11 is 0. The third kappa shape index (κ3) is 13.3.